The largest absolute Gasteiger partial charge is 0.396 e. The van der Waals surface area contributed by atoms with Gasteiger partial charge in [-0.2, -0.15) is 0 Å². The Morgan fingerprint density at radius 1 is 1.50 bits per heavy atom. The van der Waals surface area contributed by atoms with Crippen molar-refractivity contribution in [3.05, 3.63) is 23.5 Å². The molecule has 0 spiro atoms. The van der Waals surface area contributed by atoms with Crippen LogP contribution in [0.4, 0.5) is 0 Å². The molecule has 1 aromatic rings. The molecule has 7 heteroatoms. The van der Waals surface area contributed by atoms with E-state index in [1.165, 1.54) is 18.3 Å². The van der Waals surface area contributed by atoms with E-state index in [1.807, 2.05) is 6.92 Å². The molecule has 0 saturated carbocycles. The van der Waals surface area contributed by atoms with E-state index in [-0.39, 0.29) is 22.6 Å². The van der Waals surface area contributed by atoms with E-state index in [9.17, 15) is 8.42 Å². The van der Waals surface area contributed by atoms with Crippen molar-refractivity contribution in [3.63, 3.8) is 0 Å². The van der Waals surface area contributed by atoms with E-state index >= 15 is 0 Å². The minimum atomic E-state index is -3.55. The number of pyridine rings is 1. The summed E-state index contributed by atoms with van der Waals surface area (Å²) < 4.78 is 26.3. The number of sulfonamides is 1. The molecule has 0 bridgehead atoms. The Morgan fingerprint density at radius 2 is 2.22 bits per heavy atom. The molecule has 0 radical (unpaired) electrons. The Balaban J connectivity index is 2.67. The molecular formula is C11H17ClN2O3S. The average molecular weight is 293 g/mol. The number of rotatable bonds is 7. The zero-order valence-corrected chi connectivity index (χ0v) is 11.7. The number of hydrogen-bond acceptors (Lipinski definition) is 4. The Bertz CT molecular complexity index is 462. The van der Waals surface area contributed by atoms with Gasteiger partial charge < -0.3 is 5.11 Å². The van der Waals surface area contributed by atoms with Crippen molar-refractivity contribution < 1.29 is 13.5 Å². The van der Waals surface area contributed by atoms with Crippen molar-refractivity contribution in [1.82, 2.24) is 9.71 Å². The molecule has 18 heavy (non-hydrogen) atoms. The maximum Gasteiger partial charge on any atom is 0.242 e. The van der Waals surface area contributed by atoms with Crippen LogP contribution in [0.2, 0.25) is 5.15 Å². The fourth-order valence-electron chi connectivity index (χ4n) is 1.47. The molecule has 0 amide bonds. The van der Waals surface area contributed by atoms with E-state index in [4.69, 9.17) is 16.7 Å². The van der Waals surface area contributed by atoms with Crippen LogP contribution in [0.25, 0.3) is 0 Å². The number of nitrogens with zero attached hydrogens (tertiary/aromatic N) is 1. The van der Waals surface area contributed by atoms with Crippen molar-refractivity contribution in [1.29, 1.82) is 0 Å². The lowest BCUT2D eigenvalue weighted by Crippen LogP contribution is -2.29. The highest BCUT2D eigenvalue weighted by Gasteiger charge is 2.16. The van der Waals surface area contributed by atoms with Crippen LogP contribution in [0.3, 0.4) is 0 Å². The topological polar surface area (TPSA) is 79.3 Å². The summed E-state index contributed by atoms with van der Waals surface area (Å²) in [5.41, 5.74) is 0. The molecule has 0 fully saturated rings. The Kier molecular flexibility index (Phi) is 6.01. The molecule has 0 aliphatic rings. The zero-order valence-electron chi connectivity index (χ0n) is 10.1. The van der Waals surface area contributed by atoms with Crippen LogP contribution >= 0.6 is 11.6 Å². The molecule has 0 aromatic carbocycles. The molecule has 1 unspecified atom stereocenters. The molecule has 1 aromatic heterocycles. The minimum absolute atomic E-state index is 0.0583. The number of hydrogen-bond donors (Lipinski definition) is 2. The van der Waals surface area contributed by atoms with Crippen molar-refractivity contribution in [3.8, 4) is 0 Å². The van der Waals surface area contributed by atoms with Gasteiger partial charge in [-0.15, -0.1) is 0 Å². The second-order valence-electron chi connectivity index (χ2n) is 3.96. The van der Waals surface area contributed by atoms with Crippen LogP contribution in [0.1, 0.15) is 19.8 Å². The highest BCUT2D eigenvalue weighted by atomic mass is 35.5. The van der Waals surface area contributed by atoms with E-state index in [0.29, 0.717) is 13.0 Å². The standard InChI is InChI=1S/C11H17ClN2O3S/c1-2-9(5-6-15)7-14-18(16,17)10-3-4-11(12)13-8-10/h3-4,8-9,14-15H,2,5-7H2,1H3. The van der Waals surface area contributed by atoms with Gasteiger partial charge in [0.25, 0.3) is 0 Å². The third-order valence-corrected chi connectivity index (χ3v) is 4.32. The summed E-state index contributed by atoms with van der Waals surface area (Å²) in [6.07, 6.45) is 2.61. The SMILES string of the molecule is CCC(CCO)CNS(=O)(=O)c1ccc(Cl)nc1. The van der Waals surface area contributed by atoms with Crippen molar-refractivity contribution in [2.45, 2.75) is 24.7 Å². The normalized spacial score (nSPS) is 13.5. The van der Waals surface area contributed by atoms with Gasteiger partial charge in [0.05, 0.1) is 0 Å². The molecule has 1 atom stereocenters. The van der Waals surface area contributed by atoms with Gasteiger partial charge in [0, 0.05) is 19.3 Å². The lowest BCUT2D eigenvalue weighted by molar-refractivity contribution is 0.254. The van der Waals surface area contributed by atoms with Gasteiger partial charge in [0.1, 0.15) is 10.0 Å². The summed E-state index contributed by atoms with van der Waals surface area (Å²) in [6.45, 7) is 2.32. The third-order valence-electron chi connectivity index (χ3n) is 2.69. The number of aliphatic hydroxyl groups excluding tert-OH is 1. The summed E-state index contributed by atoms with van der Waals surface area (Å²) >= 11 is 5.60. The fourth-order valence-corrected chi connectivity index (χ4v) is 2.64. The van der Waals surface area contributed by atoms with E-state index in [1.54, 1.807) is 0 Å². The summed E-state index contributed by atoms with van der Waals surface area (Å²) in [5, 5.41) is 9.09. The Labute approximate surface area is 112 Å². The first-order valence-corrected chi connectivity index (χ1v) is 7.57. The van der Waals surface area contributed by atoms with Gasteiger partial charge in [-0.3, -0.25) is 0 Å². The van der Waals surface area contributed by atoms with Crippen LogP contribution in [0, 0.1) is 5.92 Å². The minimum Gasteiger partial charge on any atom is -0.396 e. The highest BCUT2D eigenvalue weighted by molar-refractivity contribution is 7.89. The molecule has 102 valence electrons. The Hall–Kier alpha value is -0.690. The average Bonchev–Trinajstić information content (AvgIpc) is 2.35. The molecule has 1 heterocycles. The molecule has 1 rings (SSSR count). The predicted octanol–water partition coefficient (Wildman–Crippen LogP) is 1.42. The number of aliphatic hydroxyl groups is 1. The van der Waals surface area contributed by atoms with Gasteiger partial charge >= 0.3 is 0 Å². The smallest absolute Gasteiger partial charge is 0.242 e. The first-order chi connectivity index (χ1) is 8.49. The van der Waals surface area contributed by atoms with Crippen LogP contribution in [0.5, 0.6) is 0 Å². The van der Waals surface area contributed by atoms with Crippen molar-refractivity contribution >= 4 is 21.6 Å². The van der Waals surface area contributed by atoms with E-state index < -0.39 is 10.0 Å². The maximum absolute atomic E-state index is 11.9. The fraction of sp³-hybridized carbons (Fsp3) is 0.545. The number of nitrogens with one attached hydrogen (secondary N) is 1. The van der Waals surface area contributed by atoms with Crippen LogP contribution in [-0.4, -0.2) is 31.7 Å². The predicted molar refractivity (Wildman–Crippen MR) is 69.9 cm³/mol. The molecule has 0 aliphatic carbocycles. The summed E-state index contributed by atoms with van der Waals surface area (Å²) in [6, 6.07) is 2.84. The first kappa shape index (κ1) is 15.4. The van der Waals surface area contributed by atoms with Crippen molar-refractivity contribution in [2.24, 2.45) is 5.92 Å². The molecule has 0 saturated heterocycles. The molecular weight excluding hydrogens is 276 g/mol. The lowest BCUT2D eigenvalue weighted by atomic mass is 10.0. The van der Waals surface area contributed by atoms with Gasteiger partial charge in [0.15, 0.2) is 0 Å². The van der Waals surface area contributed by atoms with Crippen molar-refractivity contribution in [2.75, 3.05) is 13.2 Å². The summed E-state index contributed by atoms with van der Waals surface area (Å²) in [4.78, 5) is 3.82. The second kappa shape index (κ2) is 7.04. The van der Waals surface area contributed by atoms with Gasteiger partial charge in [-0.1, -0.05) is 24.9 Å². The number of halogens is 1. The first-order valence-electron chi connectivity index (χ1n) is 5.71. The summed E-state index contributed by atoms with van der Waals surface area (Å²) in [7, 11) is -3.55. The van der Waals surface area contributed by atoms with E-state index in [2.05, 4.69) is 9.71 Å². The van der Waals surface area contributed by atoms with Crippen LogP contribution < -0.4 is 4.72 Å². The quantitative estimate of drug-likeness (QED) is 0.745. The second-order valence-corrected chi connectivity index (χ2v) is 6.11. The monoisotopic (exact) mass is 292 g/mol. The highest BCUT2D eigenvalue weighted by Crippen LogP contribution is 2.12. The lowest BCUT2D eigenvalue weighted by Gasteiger charge is -2.14. The van der Waals surface area contributed by atoms with Crippen LogP contribution in [0.15, 0.2) is 23.2 Å². The third kappa shape index (κ3) is 4.53. The van der Waals surface area contributed by atoms with Gasteiger partial charge in [-0.05, 0) is 24.5 Å². The molecule has 0 aliphatic heterocycles. The number of aromatic nitrogens is 1. The maximum atomic E-state index is 11.9. The molecule has 5 nitrogen and oxygen atoms in total. The molecule has 2 N–H and O–H groups in total. The van der Waals surface area contributed by atoms with Crippen LogP contribution in [-0.2, 0) is 10.0 Å². The zero-order chi connectivity index (χ0) is 13.6. The van der Waals surface area contributed by atoms with Gasteiger partial charge in [0.2, 0.25) is 10.0 Å². The summed E-state index contributed by atoms with van der Waals surface area (Å²) in [5.74, 6) is 0.130. The Morgan fingerprint density at radius 3 is 2.72 bits per heavy atom. The van der Waals surface area contributed by atoms with Gasteiger partial charge in [-0.25, -0.2) is 18.1 Å². The van der Waals surface area contributed by atoms with E-state index in [0.717, 1.165) is 6.42 Å².